The molecule has 0 unspecified atom stereocenters. The molecule has 0 radical (unpaired) electrons. The molecule has 1 rings (SSSR count). The first-order valence-corrected chi connectivity index (χ1v) is 6.45. The Hall–Kier alpha value is -1.79. The minimum absolute atomic E-state index is 0.215. The van der Waals surface area contributed by atoms with E-state index in [-0.39, 0.29) is 6.61 Å². The minimum Gasteiger partial charge on any atom is -0.497 e. The molecule has 6 heteroatoms. The lowest BCUT2D eigenvalue weighted by molar-refractivity contribution is -0.152. The van der Waals surface area contributed by atoms with Crippen LogP contribution in [0, 0.1) is 0 Å². The number of amides is 1. The fourth-order valence-electron chi connectivity index (χ4n) is 1.60. The number of carbonyl (C=O) groups excluding carboxylic acids is 1. The summed E-state index contributed by atoms with van der Waals surface area (Å²) in [6.07, 6.45) is -0.451. The molecule has 0 atom stereocenters. The van der Waals surface area contributed by atoms with Gasteiger partial charge in [-0.25, -0.2) is 0 Å². The molecule has 1 amide bonds. The van der Waals surface area contributed by atoms with Crippen molar-refractivity contribution in [3.8, 4) is 11.5 Å². The van der Waals surface area contributed by atoms with E-state index in [0.717, 1.165) is 0 Å². The predicted octanol–water partition coefficient (Wildman–Crippen LogP) is 1.57. The van der Waals surface area contributed by atoms with Crippen molar-refractivity contribution in [3.05, 3.63) is 23.8 Å². The van der Waals surface area contributed by atoms with Gasteiger partial charge in [0.05, 0.1) is 7.11 Å². The molecule has 112 valence electrons. The number of primary amides is 1. The Kier molecular flexibility index (Phi) is 6.83. The number of ether oxygens (including phenoxy) is 4. The van der Waals surface area contributed by atoms with E-state index in [1.165, 1.54) is 7.11 Å². The summed E-state index contributed by atoms with van der Waals surface area (Å²) in [7, 11) is 1.51. The molecule has 20 heavy (non-hydrogen) atoms. The second-order valence-corrected chi connectivity index (χ2v) is 3.91. The van der Waals surface area contributed by atoms with Crippen molar-refractivity contribution in [2.24, 2.45) is 5.73 Å². The third kappa shape index (κ3) is 5.07. The second-order valence-electron chi connectivity index (χ2n) is 3.91. The van der Waals surface area contributed by atoms with E-state index in [1.54, 1.807) is 18.2 Å². The van der Waals surface area contributed by atoms with Crippen LogP contribution < -0.4 is 15.2 Å². The summed E-state index contributed by atoms with van der Waals surface area (Å²) in [5.41, 5.74) is 5.58. The highest BCUT2D eigenvalue weighted by molar-refractivity contribution is 5.93. The zero-order valence-corrected chi connectivity index (χ0v) is 12.0. The van der Waals surface area contributed by atoms with Crippen molar-refractivity contribution in [2.75, 3.05) is 26.9 Å². The van der Waals surface area contributed by atoms with Crippen molar-refractivity contribution in [2.45, 2.75) is 20.1 Å². The molecule has 0 heterocycles. The van der Waals surface area contributed by atoms with Crippen LogP contribution in [0.1, 0.15) is 24.2 Å². The maximum absolute atomic E-state index is 11.2. The Bertz CT molecular complexity index is 430. The lowest BCUT2D eigenvalue weighted by atomic mass is 10.2. The van der Waals surface area contributed by atoms with E-state index < -0.39 is 12.2 Å². The maximum atomic E-state index is 11.2. The van der Waals surface area contributed by atoms with Gasteiger partial charge >= 0.3 is 0 Å². The molecule has 0 bridgehead atoms. The Morgan fingerprint density at radius 3 is 2.25 bits per heavy atom. The number of rotatable bonds is 9. The maximum Gasteiger partial charge on any atom is 0.248 e. The van der Waals surface area contributed by atoms with Gasteiger partial charge in [0.15, 0.2) is 6.29 Å². The van der Waals surface area contributed by atoms with Crippen LogP contribution in [0.3, 0.4) is 0 Å². The Balaban J connectivity index is 2.75. The summed E-state index contributed by atoms with van der Waals surface area (Å²) in [5.74, 6) is 0.433. The molecular formula is C14H21NO5. The van der Waals surface area contributed by atoms with Gasteiger partial charge in [-0.15, -0.1) is 0 Å². The fraction of sp³-hybridized carbons (Fsp3) is 0.500. The zero-order chi connectivity index (χ0) is 15.0. The average molecular weight is 283 g/mol. The minimum atomic E-state index is -0.542. The van der Waals surface area contributed by atoms with Crippen LogP contribution in [-0.2, 0) is 9.47 Å². The standard InChI is InChI=1S/C14H21NO5/c1-4-18-13(19-5-2)9-20-12-7-10(14(15)16)6-11(8-12)17-3/h6-8,13H,4-5,9H2,1-3H3,(H2,15,16). The monoisotopic (exact) mass is 283 g/mol. The highest BCUT2D eigenvalue weighted by atomic mass is 16.7. The van der Waals surface area contributed by atoms with Crippen molar-refractivity contribution in [3.63, 3.8) is 0 Å². The van der Waals surface area contributed by atoms with E-state index in [2.05, 4.69) is 0 Å². The van der Waals surface area contributed by atoms with Crippen molar-refractivity contribution < 1.29 is 23.7 Å². The summed E-state index contributed by atoms with van der Waals surface area (Å²) < 4.78 is 21.4. The molecule has 0 aliphatic heterocycles. The molecule has 0 saturated carbocycles. The van der Waals surface area contributed by atoms with Gasteiger partial charge < -0.3 is 24.7 Å². The topological polar surface area (TPSA) is 80.0 Å². The number of benzene rings is 1. The van der Waals surface area contributed by atoms with E-state index in [4.69, 9.17) is 24.7 Å². The van der Waals surface area contributed by atoms with Crippen LogP contribution in [0.5, 0.6) is 11.5 Å². The van der Waals surface area contributed by atoms with Gasteiger partial charge in [0.1, 0.15) is 18.1 Å². The number of hydrogen-bond acceptors (Lipinski definition) is 5. The average Bonchev–Trinajstić information content (AvgIpc) is 2.44. The zero-order valence-electron chi connectivity index (χ0n) is 12.0. The summed E-state index contributed by atoms with van der Waals surface area (Å²) in [4.78, 5) is 11.2. The largest absolute Gasteiger partial charge is 0.497 e. The predicted molar refractivity (Wildman–Crippen MR) is 74.0 cm³/mol. The number of methoxy groups -OCH3 is 1. The Labute approximate surface area is 118 Å². The summed E-state index contributed by atoms with van der Waals surface area (Å²) in [5, 5.41) is 0. The van der Waals surface area contributed by atoms with Crippen molar-refractivity contribution in [1.82, 2.24) is 0 Å². The van der Waals surface area contributed by atoms with Crippen molar-refractivity contribution in [1.29, 1.82) is 0 Å². The second kappa shape index (κ2) is 8.39. The molecule has 0 fully saturated rings. The summed E-state index contributed by atoms with van der Waals surface area (Å²) in [6, 6.07) is 4.78. The van der Waals surface area contributed by atoms with Gasteiger partial charge in [0, 0.05) is 24.8 Å². The molecule has 0 aromatic heterocycles. The normalized spacial score (nSPS) is 10.6. The summed E-state index contributed by atoms with van der Waals surface area (Å²) in [6.45, 7) is 5.02. The van der Waals surface area contributed by atoms with Gasteiger partial charge in [-0.2, -0.15) is 0 Å². The lowest BCUT2D eigenvalue weighted by Gasteiger charge is -2.18. The van der Waals surface area contributed by atoms with Gasteiger partial charge in [0.25, 0.3) is 0 Å². The van der Waals surface area contributed by atoms with Crippen LogP contribution in [0.25, 0.3) is 0 Å². The molecule has 6 nitrogen and oxygen atoms in total. The SMILES string of the molecule is CCOC(COc1cc(OC)cc(C(N)=O)c1)OCC. The third-order valence-electron chi connectivity index (χ3n) is 2.49. The van der Waals surface area contributed by atoms with E-state index >= 15 is 0 Å². The summed E-state index contributed by atoms with van der Waals surface area (Å²) >= 11 is 0. The highest BCUT2D eigenvalue weighted by Crippen LogP contribution is 2.22. The highest BCUT2D eigenvalue weighted by Gasteiger charge is 2.11. The van der Waals surface area contributed by atoms with E-state index in [0.29, 0.717) is 30.3 Å². The number of hydrogen-bond donors (Lipinski definition) is 1. The van der Waals surface area contributed by atoms with Gasteiger partial charge in [-0.3, -0.25) is 4.79 Å². The number of nitrogens with two attached hydrogens (primary N) is 1. The van der Waals surface area contributed by atoms with Crippen LogP contribution in [0.15, 0.2) is 18.2 Å². The van der Waals surface area contributed by atoms with Crippen LogP contribution in [0.4, 0.5) is 0 Å². The lowest BCUT2D eigenvalue weighted by Crippen LogP contribution is -2.25. The first-order valence-electron chi connectivity index (χ1n) is 6.45. The van der Waals surface area contributed by atoms with E-state index in [1.807, 2.05) is 13.8 Å². The first-order chi connectivity index (χ1) is 9.60. The molecule has 0 aliphatic rings. The smallest absolute Gasteiger partial charge is 0.248 e. The van der Waals surface area contributed by atoms with Crippen LogP contribution in [0.2, 0.25) is 0 Å². The molecular weight excluding hydrogens is 262 g/mol. The quantitative estimate of drug-likeness (QED) is 0.696. The van der Waals surface area contributed by atoms with Crippen LogP contribution in [-0.4, -0.2) is 39.1 Å². The molecule has 0 saturated heterocycles. The van der Waals surface area contributed by atoms with Gasteiger partial charge in [-0.05, 0) is 26.0 Å². The van der Waals surface area contributed by atoms with E-state index in [9.17, 15) is 4.79 Å². The Morgan fingerprint density at radius 2 is 1.75 bits per heavy atom. The van der Waals surface area contributed by atoms with Gasteiger partial charge in [-0.1, -0.05) is 0 Å². The molecule has 2 N–H and O–H groups in total. The fourth-order valence-corrected chi connectivity index (χ4v) is 1.60. The van der Waals surface area contributed by atoms with Gasteiger partial charge in [0.2, 0.25) is 5.91 Å². The third-order valence-corrected chi connectivity index (χ3v) is 2.49. The first kappa shape index (κ1) is 16.3. The number of carbonyl (C=O) groups is 1. The molecule has 0 spiro atoms. The van der Waals surface area contributed by atoms with Crippen LogP contribution >= 0.6 is 0 Å². The van der Waals surface area contributed by atoms with Crippen molar-refractivity contribution >= 4 is 5.91 Å². The molecule has 0 aliphatic carbocycles. The Morgan fingerprint density at radius 1 is 1.15 bits per heavy atom. The molecule has 1 aromatic carbocycles. The molecule has 1 aromatic rings.